The number of fused-ring (bicyclic) bond motifs is 1. The van der Waals surface area contributed by atoms with Crippen LogP contribution in [0.1, 0.15) is 43.8 Å². The van der Waals surface area contributed by atoms with Gasteiger partial charge in [0, 0.05) is 12.6 Å². The van der Waals surface area contributed by atoms with Gasteiger partial charge in [-0.2, -0.15) is 0 Å². The van der Waals surface area contributed by atoms with Gasteiger partial charge >= 0.3 is 0 Å². The van der Waals surface area contributed by atoms with E-state index in [1.807, 2.05) is 6.92 Å². The summed E-state index contributed by atoms with van der Waals surface area (Å²) in [5.41, 5.74) is 1.51. The van der Waals surface area contributed by atoms with E-state index in [1.54, 1.807) is 6.07 Å². The van der Waals surface area contributed by atoms with Crippen molar-refractivity contribution in [3.63, 3.8) is 0 Å². The third-order valence-corrected chi connectivity index (χ3v) is 4.58. The summed E-state index contributed by atoms with van der Waals surface area (Å²) in [7, 11) is 0. The summed E-state index contributed by atoms with van der Waals surface area (Å²) in [6.45, 7) is 2.79. The molecule has 1 heterocycles. The normalized spacial score (nSPS) is 18.0. The first kappa shape index (κ1) is 14.2. The lowest BCUT2D eigenvalue weighted by Gasteiger charge is -2.15. The second-order valence-corrected chi connectivity index (χ2v) is 6.66. The number of hydrogen-bond acceptors (Lipinski definition) is 1. The van der Waals surface area contributed by atoms with E-state index in [0.29, 0.717) is 11.4 Å². The first-order chi connectivity index (χ1) is 9.56. The highest BCUT2D eigenvalue weighted by atomic mass is 35.5. The van der Waals surface area contributed by atoms with Crippen LogP contribution >= 0.6 is 23.2 Å². The molecule has 0 spiro atoms. The SMILES string of the molecule is CC(Cl)c1nc2cc(F)c(Cl)cc2n1CC1CCCC1. The Balaban J connectivity index is 2.10. The van der Waals surface area contributed by atoms with Gasteiger partial charge in [-0.25, -0.2) is 9.37 Å². The molecule has 5 heteroatoms. The predicted molar refractivity (Wildman–Crippen MR) is 80.9 cm³/mol. The van der Waals surface area contributed by atoms with Crippen molar-refractivity contribution in [2.45, 2.75) is 44.5 Å². The molecule has 1 aliphatic rings. The molecular weight excluding hydrogens is 298 g/mol. The van der Waals surface area contributed by atoms with Crippen LogP contribution in [0.4, 0.5) is 4.39 Å². The summed E-state index contributed by atoms with van der Waals surface area (Å²) in [4.78, 5) is 4.49. The van der Waals surface area contributed by atoms with E-state index in [1.165, 1.54) is 31.7 Å². The lowest BCUT2D eigenvalue weighted by Crippen LogP contribution is -2.11. The molecule has 0 saturated heterocycles. The fourth-order valence-electron chi connectivity index (χ4n) is 3.09. The zero-order valence-electron chi connectivity index (χ0n) is 11.4. The van der Waals surface area contributed by atoms with Crippen molar-refractivity contribution in [2.24, 2.45) is 5.92 Å². The Labute approximate surface area is 127 Å². The second-order valence-electron chi connectivity index (χ2n) is 5.60. The van der Waals surface area contributed by atoms with Crippen molar-refractivity contribution in [1.29, 1.82) is 0 Å². The standard InChI is InChI=1S/C15H17Cl2FN2/c1-9(16)15-19-13-7-12(18)11(17)6-14(13)20(15)8-10-4-2-3-5-10/h6-7,9-10H,2-5,8H2,1H3. The summed E-state index contributed by atoms with van der Waals surface area (Å²) in [6, 6.07) is 3.06. The molecule has 1 aromatic heterocycles. The third kappa shape index (κ3) is 2.53. The molecule has 1 aliphatic carbocycles. The monoisotopic (exact) mass is 314 g/mol. The second kappa shape index (κ2) is 5.53. The molecule has 20 heavy (non-hydrogen) atoms. The van der Waals surface area contributed by atoms with E-state index in [2.05, 4.69) is 9.55 Å². The first-order valence-corrected chi connectivity index (χ1v) is 7.87. The van der Waals surface area contributed by atoms with Gasteiger partial charge in [-0.15, -0.1) is 11.6 Å². The fraction of sp³-hybridized carbons (Fsp3) is 0.533. The predicted octanol–water partition coefficient (Wildman–Crippen LogP) is 5.32. The Hall–Kier alpha value is -0.800. The molecule has 1 unspecified atom stereocenters. The van der Waals surface area contributed by atoms with Gasteiger partial charge in [-0.1, -0.05) is 24.4 Å². The molecule has 3 rings (SSSR count). The van der Waals surface area contributed by atoms with Crippen LogP contribution in [0.15, 0.2) is 12.1 Å². The van der Waals surface area contributed by atoms with Crippen molar-refractivity contribution in [2.75, 3.05) is 0 Å². The lowest BCUT2D eigenvalue weighted by molar-refractivity contribution is 0.454. The van der Waals surface area contributed by atoms with E-state index in [-0.39, 0.29) is 10.4 Å². The minimum Gasteiger partial charge on any atom is -0.326 e. The van der Waals surface area contributed by atoms with Gasteiger partial charge < -0.3 is 4.57 Å². The van der Waals surface area contributed by atoms with Crippen LogP contribution in [0.25, 0.3) is 11.0 Å². The van der Waals surface area contributed by atoms with Crippen molar-refractivity contribution in [3.8, 4) is 0 Å². The van der Waals surface area contributed by atoms with E-state index in [9.17, 15) is 4.39 Å². The highest BCUT2D eigenvalue weighted by Gasteiger charge is 2.21. The minimum absolute atomic E-state index is 0.138. The molecule has 0 amide bonds. The summed E-state index contributed by atoms with van der Waals surface area (Å²) in [5.74, 6) is 1.03. The van der Waals surface area contributed by atoms with Crippen LogP contribution in [-0.4, -0.2) is 9.55 Å². The molecule has 2 aromatic rings. The highest BCUT2D eigenvalue weighted by Crippen LogP contribution is 2.32. The molecule has 1 saturated carbocycles. The first-order valence-electron chi connectivity index (χ1n) is 7.05. The molecule has 0 aliphatic heterocycles. The topological polar surface area (TPSA) is 17.8 Å². The lowest BCUT2D eigenvalue weighted by atomic mass is 10.1. The Morgan fingerprint density at radius 1 is 1.40 bits per heavy atom. The number of halogens is 3. The van der Waals surface area contributed by atoms with Gasteiger partial charge in [0.05, 0.1) is 21.4 Å². The number of hydrogen-bond donors (Lipinski definition) is 0. The van der Waals surface area contributed by atoms with E-state index < -0.39 is 5.82 Å². The van der Waals surface area contributed by atoms with Crippen LogP contribution in [0, 0.1) is 11.7 Å². The van der Waals surface area contributed by atoms with Gasteiger partial charge in [0.2, 0.25) is 0 Å². The maximum absolute atomic E-state index is 13.6. The molecule has 0 bridgehead atoms. The molecule has 0 radical (unpaired) electrons. The summed E-state index contributed by atoms with van der Waals surface area (Å²) >= 11 is 12.2. The largest absolute Gasteiger partial charge is 0.326 e. The molecule has 1 aromatic carbocycles. The van der Waals surface area contributed by atoms with Crippen molar-refractivity contribution < 1.29 is 4.39 Å². The average molecular weight is 315 g/mol. The number of benzene rings is 1. The number of nitrogens with zero attached hydrogens (tertiary/aromatic N) is 2. The number of alkyl halides is 1. The van der Waals surface area contributed by atoms with Crippen LogP contribution in [-0.2, 0) is 6.54 Å². The van der Waals surface area contributed by atoms with Gasteiger partial charge in [0.1, 0.15) is 11.6 Å². The fourth-order valence-corrected chi connectivity index (χ4v) is 3.41. The Kier molecular flexibility index (Phi) is 3.91. The van der Waals surface area contributed by atoms with E-state index in [0.717, 1.165) is 17.9 Å². The minimum atomic E-state index is -0.432. The smallest absolute Gasteiger partial charge is 0.144 e. The number of aromatic nitrogens is 2. The quantitative estimate of drug-likeness (QED) is 0.701. The van der Waals surface area contributed by atoms with E-state index >= 15 is 0 Å². The Morgan fingerprint density at radius 3 is 2.75 bits per heavy atom. The van der Waals surface area contributed by atoms with E-state index in [4.69, 9.17) is 23.2 Å². The summed E-state index contributed by atoms with van der Waals surface area (Å²) in [5, 5.41) is -0.0653. The Morgan fingerprint density at radius 2 is 2.10 bits per heavy atom. The van der Waals surface area contributed by atoms with Crippen molar-refractivity contribution in [3.05, 3.63) is 28.8 Å². The summed E-state index contributed by atoms with van der Waals surface area (Å²) < 4.78 is 15.7. The molecule has 1 atom stereocenters. The molecule has 2 nitrogen and oxygen atoms in total. The zero-order chi connectivity index (χ0) is 14.3. The number of rotatable bonds is 3. The number of imidazole rings is 1. The maximum atomic E-state index is 13.6. The average Bonchev–Trinajstić information content (AvgIpc) is 3.00. The maximum Gasteiger partial charge on any atom is 0.144 e. The molecule has 108 valence electrons. The van der Waals surface area contributed by atoms with Crippen LogP contribution in [0.5, 0.6) is 0 Å². The van der Waals surface area contributed by atoms with Crippen molar-refractivity contribution >= 4 is 34.2 Å². The van der Waals surface area contributed by atoms with Gasteiger partial charge in [-0.05, 0) is 31.7 Å². The van der Waals surface area contributed by atoms with Gasteiger partial charge in [-0.3, -0.25) is 0 Å². The molecule has 1 fully saturated rings. The molecule has 0 N–H and O–H groups in total. The van der Waals surface area contributed by atoms with Crippen LogP contribution < -0.4 is 0 Å². The van der Waals surface area contributed by atoms with Gasteiger partial charge in [0.25, 0.3) is 0 Å². The highest BCUT2D eigenvalue weighted by molar-refractivity contribution is 6.31. The van der Waals surface area contributed by atoms with Crippen LogP contribution in [0.3, 0.4) is 0 Å². The zero-order valence-corrected chi connectivity index (χ0v) is 12.9. The van der Waals surface area contributed by atoms with Gasteiger partial charge in [0.15, 0.2) is 0 Å². The summed E-state index contributed by atoms with van der Waals surface area (Å²) in [6.07, 6.45) is 5.06. The Bertz CT molecular complexity index is 630. The van der Waals surface area contributed by atoms with Crippen LogP contribution in [0.2, 0.25) is 5.02 Å². The third-order valence-electron chi connectivity index (χ3n) is 4.09. The molecular formula is C15H17Cl2FN2. The van der Waals surface area contributed by atoms with Crippen molar-refractivity contribution in [1.82, 2.24) is 9.55 Å².